The van der Waals surface area contributed by atoms with Crippen LogP contribution in [0.15, 0.2) is 48.5 Å². The molecule has 0 atom stereocenters. The molecule has 2 aromatic carbocycles. The van der Waals surface area contributed by atoms with Gasteiger partial charge in [-0.05, 0) is 75.2 Å². The molecule has 4 rings (SSSR count). The first-order valence-electron chi connectivity index (χ1n) is 11.3. The molecule has 8 heteroatoms. The van der Waals surface area contributed by atoms with Crippen LogP contribution >= 0.6 is 24.8 Å². The van der Waals surface area contributed by atoms with Crippen LogP contribution < -0.4 is 22.1 Å². The normalized spacial score (nSPS) is 10.5. The molecule has 0 spiro atoms. The van der Waals surface area contributed by atoms with E-state index in [-0.39, 0.29) is 24.8 Å². The number of fused-ring (bicyclic) bond motifs is 2. The van der Waals surface area contributed by atoms with Crippen molar-refractivity contribution in [3.8, 4) is 0 Å². The summed E-state index contributed by atoms with van der Waals surface area (Å²) in [6.07, 6.45) is 4.65. The van der Waals surface area contributed by atoms with E-state index in [0.29, 0.717) is 0 Å². The second-order valence-electron chi connectivity index (χ2n) is 8.44. The lowest BCUT2D eigenvalue weighted by Crippen LogP contribution is -2.05. The van der Waals surface area contributed by atoms with Gasteiger partial charge in [0, 0.05) is 58.0 Å². The van der Waals surface area contributed by atoms with Crippen LogP contribution in [0.1, 0.15) is 37.1 Å². The van der Waals surface area contributed by atoms with E-state index in [9.17, 15) is 0 Å². The number of anilines is 4. The van der Waals surface area contributed by atoms with Crippen LogP contribution in [0.4, 0.5) is 22.7 Å². The molecule has 0 fully saturated rings. The number of unbranched alkanes of at least 4 members (excludes halogenated alkanes) is 3. The van der Waals surface area contributed by atoms with E-state index < -0.39 is 0 Å². The molecule has 182 valence electrons. The van der Waals surface area contributed by atoms with Crippen LogP contribution in [0.5, 0.6) is 0 Å². The zero-order valence-corrected chi connectivity index (χ0v) is 21.4. The number of hydrogen-bond acceptors (Lipinski definition) is 6. The first-order chi connectivity index (χ1) is 15.5. The number of rotatable bonds is 9. The van der Waals surface area contributed by atoms with E-state index in [1.165, 1.54) is 12.8 Å². The molecule has 0 unspecified atom stereocenters. The van der Waals surface area contributed by atoms with Gasteiger partial charge in [0.25, 0.3) is 0 Å². The number of nitrogens with zero attached hydrogens (tertiary/aromatic N) is 2. The summed E-state index contributed by atoms with van der Waals surface area (Å²) in [5.74, 6) is 0. The summed E-state index contributed by atoms with van der Waals surface area (Å²) >= 11 is 0. The molecule has 4 aromatic rings. The zero-order valence-electron chi connectivity index (χ0n) is 19.7. The first-order valence-corrected chi connectivity index (χ1v) is 11.3. The number of nitrogens with two attached hydrogens (primary N) is 2. The predicted molar refractivity (Wildman–Crippen MR) is 152 cm³/mol. The van der Waals surface area contributed by atoms with Crippen molar-refractivity contribution in [2.75, 3.05) is 35.2 Å². The third-order valence-electron chi connectivity index (χ3n) is 5.66. The molecular weight excluding hydrogens is 467 g/mol. The molecule has 0 aliphatic rings. The molecule has 0 aliphatic carbocycles. The van der Waals surface area contributed by atoms with Crippen molar-refractivity contribution in [1.29, 1.82) is 0 Å². The van der Waals surface area contributed by atoms with Gasteiger partial charge in [-0.1, -0.05) is 12.8 Å². The van der Waals surface area contributed by atoms with Gasteiger partial charge in [-0.25, -0.2) is 0 Å². The van der Waals surface area contributed by atoms with E-state index >= 15 is 0 Å². The fourth-order valence-electron chi connectivity index (χ4n) is 4.10. The molecule has 2 heterocycles. The summed E-state index contributed by atoms with van der Waals surface area (Å²) < 4.78 is 0. The van der Waals surface area contributed by atoms with Gasteiger partial charge in [-0.3, -0.25) is 9.97 Å². The van der Waals surface area contributed by atoms with Crippen molar-refractivity contribution in [3.63, 3.8) is 0 Å². The molecular formula is C26H34Cl2N6. The topological polar surface area (TPSA) is 102 Å². The smallest absolute Gasteiger partial charge is 0.0746 e. The van der Waals surface area contributed by atoms with Crippen molar-refractivity contribution in [1.82, 2.24) is 9.97 Å². The van der Waals surface area contributed by atoms with Crippen molar-refractivity contribution >= 4 is 69.4 Å². The number of aromatic nitrogens is 2. The number of nitrogen functional groups attached to an aromatic ring is 2. The molecule has 0 saturated carbocycles. The maximum atomic E-state index is 5.91. The number of halogens is 2. The van der Waals surface area contributed by atoms with Gasteiger partial charge in [-0.2, -0.15) is 0 Å². The van der Waals surface area contributed by atoms with Crippen LogP contribution in [0, 0.1) is 13.8 Å². The second-order valence-corrected chi connectivity index (χ2v) is 8.44. The standard InChI is InChI=1S/C26H32N6.2ClH/c1-17-13-23(21-9-7-19(27)15-25(21)31-17)29-11-5-3-4-6-12-30-24-14-18(2)32-26-16-20(28)8-10-22(24)26;;/h7-10,13-16H,3-6,11-12,27-28H2,1-2H3,(H,29,31)(H,30,32);2*1H. The number of hydrogen-bond donors (Lipinski definition) is 4. The highest BCUT2D eigenvalue weighted by molar-refractivity contribution is 5.94. The first kappa shape index (κ1) is 27.3. The Morgan fingerprint density at radius 3 is 1.44 bits per heavy atom. The van der Waals surface area contributed by atoms with Crippen LogP contribution in [-0.4, -0.2) is 23.1 Å². The molecule has 6 N–H and O–H groups in total. The third kappa shape index (κ3) is 6.78. The van der Waals surface area contributed by atoms with Gasteiger partial charge in [-0.15, -0.1) is 24.8 Å². The average Bonchev–Trinajstić information content (AvgIpc) is 2.74. The Morgan fingerprint density at radius 1 is 0.618 bits per heavy atom. The Morgan fingerprint density at radius 2 is 1.03 bits per heavy atom. The number of pyridine rings is 2. The maximum Gasteiger partial charge on any atom is 0.0746 e. The lowest BCUT2D eigenvalue weighted by molar-refractivity contribution is 0.671. The molecule has 0 bridgehead atoms. The summed E-state index contributed by atoms with van der Waals surface area (Å²) in [6, 6.07) is 16.0. The van der Waals surface area contributed by atoms with Gasteiger partial charge in [0.1, 0.15) is 0 Å². The van der Waals surface area contributed by atoms with E-state index in [1.54, 1.807) is 0 Å². The van der Waals surface area contributed by atoms with Crippen molar-refractivity contribution in [3.05, 3.63) is 59.9 Å². The van der Waals surface area contributed by atoms with Crippen LogP contribution in [0.2, 0.25) is 0 Å². The van der Waals surface area contributed by atoms with Crippen molar-refractivity contribution in [2.24, 2.45) is 0 Å². The van der Waals surface area contributed by atoms with Crippen LogP contribution in [0.3, 0.4) is 0 Å². The molecule has 0 aliphatic heterocycles. The largest absolute Gasteiger partial charge is 0.399 e. The Kier molecular flexibility index (Phi) is 10.0. The molecule has 0 amide bonds. The summed E-state index contributed by atoms with van der Waals surface area (Å²) in [4.78, 5) is 9.18. The van der Waals surface area contributed by atoms with E-state index in [2.05, 4.69) is 32.7 Å². The highest BCUT2D eigenvalue weighted by Gasteiger charge is 2.06. The van der Waals surface area contributed by atoms with E-state index in [1.807, 2.05) is 50.2 Å². The zero-order chi connectivity index (χ0) is 22.5. The Bertz CT molecular complexity index is 1140. The summed E-state index contributed by atoms with van der Waals surface area (Å²) in [5.41, 5.74) is 19.5. The minimum atomic E-state index is 0. The number of nitrogens with one attached hydrogen (secondary N) is 2. The molecule has 34 heavy (non-hydrogen) atoms. The quantitative estimate of drug-likeness (QED) is 0.154. The van der Waals surface area contributed by atoms with E-state index in [4.69, 9.17) is 11.5 Å². The monoisotopic (exact) mass is 500 g/mol. The summed E-state index contributed by atoms with van der Waals surface area (Å²) in [7, 11) is 0. The van der Waals surface area contributed by atoms with Gasteiger partial charge in [0.15, 0.2) is 0 Å². The molecule has 0 saturated heterocycles. The van der Waals surface area contributed by atoms with Crippen molar-refractivity contribution < 1.29 is 0 Å². The van der Waals surface area contributed by atoms with Gasteiger partial charge < -0.3 is 22.1 Å². The SMILES string of the molecule is Cc1cc(NCCCCCCNc2cc(C)nc3cc(N)ccc23)c2ccc(N)cc2n1.Cl.Cl. The summed E-state index contributed by atoms with van der Waals surface area (Å²) in [6.45, 7) is 5.93. The molecule has 0 radical (unpaired) electrons. The Hall–Kier alpha value is -2.96. The lowest BCUT2D eigenvalue weighted by atomic mass is 10.1. The van der Waals surface area contributed by atoms with Gasteiger partial charge in [0.2, 0.25) is 0 Å². The second kappa shape index (κ2) is 12.5. The fraction of sp³-hybridized carbons (Fsp3) is 0.308. The highest BCUT2D eigenvalue weighted by Crippen LogP contribution is 2.26. The Balaban J connectivity index is 0.00000204. The lowest BCUT2D eigenvalue weighted by Gasteiger charge is -2.12. The minimum absolute atomic E-state index is 0. The molecule has 6 nitrogen and oxygen atoms in total. The van der Waals surface area contributed by atoms with Crippen LogP contribution in [-0.2, 0) is 0 Å². The minimum Gasteiger partial charge on any atom is -0.399 e. The van der Waals surface area contributed by atoms with Crippen molar-refractivity contribution in [2.45, 2.75) is 39.5 Å². The van der Waals surface area contributed by atoms with Gasteiger partial charge >= 0.3 is 0 Å². The maximum absolute atomic E-state index is 5.91. The predicted octanol–water partition coefficient (Wildman–Crippen LogP) is 6.49. The van der Waals surface area contributed by atoms with Gasteiger partial charge in [0.05, 0.1) is 11.0 Å². The Labute approximate surface area is 213 Å². The van der Waals surface area contributed by atoms with Crippen LogP contribution in [0.25, 0.3) is 21.8 Å². The van der Waals surface area contributed by atoms with E-state index in [0.717, 1.165) is 81.9 Å². The molecule has 2 aromatic heterocycles. The fourth-order valence-corrected chi connectivity index (χ4v) is 4.10. The highest BCUT2D eigenvalue weighted by atomic mass is 35.5. The summed E-state index contributed by atoms with van der Waals surface area (Å²) in [5, 5.41) is 9.41. The average molecular weight is 502 g/mol. The number of benzene rings is 2. The third-order valence-corrected chi connectivity index (χ3v) is 5.66. The number of aryl methyl sites for hydroxylation is 2.